The quantitative estimate of drug-likeness (QED) is 0.840. The summed E-state index contributed by atoms with van der Waals surface area (Å²) in [7, 11) is 0. The van der Waals surface area contributed by atoms with Crippen LogP contribution in [-0.4, -0.2) is 40.8 Å². The summed E-state index contributed by atoms with van der Waals surface area (Å²) >= 11 is 1.71. The van der Waals surface area contributed by atoms with Crippen molar-refractivity contribution < 1.29 is 9.53 Å². The molecular weight excluding hydrogens is 250 g/mol. The summed E-state index contributed by atoms with van der Waals surface area (Å²) in [5.41, 5.74) is 0.730. The summed E-state index contributed by atoms with van der Waals surface area (Å²) < 4.78 is 7.38. The zero-order chi connectivity index (χ0) is 12.5. The number of imidazole rings is 1. The molecule has 98 valence electrons. The second-order valence-electron chi connectivity index (χ2n) is 4.76. The van der Waals surface area contributed by atoms with Crippen LogP contribution in [0.5, 0.6) is 0 Å². The Morgan fingerprint density at radius 1 is 1.67 bits per heavy atom. The Balaban J connectivity index is 1.76. The van der Waals surface area contributed by atoms with E-state index in [2.05, 4.69) is 10.3 Å². The van der Waals surface area contributed by atoms with Crippen LogP contribution in [0.15, 0.2) is 5.16 Å². The molecule has 3 heterocycles. The molecule has 1 fully saturated rings. The molecule has 0 bridgehead atoms. The van der Waals surface area contributed by atoms with Gasteiger partial charge in [0.1, 0.15) is 5.69 Å². The Labute approximate surface area is 110 Å². The van der Waals surface area contributed by atoms with E-state index in [4.69, 9.17) is 4.74 Å². The molecule has 0 aromatic carbocycles. The Bertz CT molecular complexity index is 466. The van der Waals surface area contributed by atoms with E-state index >= 15 is 0 Å². The number of hydrogen-bond acceptors (Lipinski definition) is 5. The Kier molecular flexibility index (Phi) is 3.30. The molecule has 1 aromatic rings. The van der Waals surface area contributed by atoms with Crippen LogP contribution in [0.1, 0.15) is 23.8 Å². The maximum absolute atomic E-state index is 11.7. The number of anilines is 1. The number of ether oxygens (including phenoxy) is 1. The number of thioether (sulfide) groups is 1. The number of carbonyl (C=O) groups excluding carboxylic acids is 1. The fourth-order valence-corrected chi connectivity index (χ4v) is 3.39. The summed E-state index contributed by atoms with van der Waals surface area (Å²) in [6.45, 7) is 4.99. The molecule has 1 atom stereocenters. The molecule has 0 amide bonds. The van der Waals surface area contributed by atoms with Crippen LogP contribution in [0.25, 0.3) is 0 Å². The monoisotopic (exact) mass is 267 g/mol. The number of ketones is 1. The van der Waals surface area contributed by atoms with E-state index in [1.165, 1.54) is 0 Å². The van der Waals surface area contributed by atoms with Crippen LogP contribution in [-0.2, 0) is 11.3 Å². The summed E-state index contributed by atoms with van der Waals surface area (Å²) in [6.07, 6.45) is 1.09. The van der Waals surface area contributed by atoms with Gasteiger partial charge in [0.05, 0.1) is 6.61 Å². The lowest BCUT2D eigenvalue weighted by Crippen LogP contribution is -2.16. The third-order valence-electron chi connectivity index (χ3n) is 3.39. The number of Topliss-reactive ketones (excluding diaryl/α,β-unsaturated/α-hetero) is 1. The predicted octanol–water partition coefficient (Wildman–Crippen LogP) is 1.64. The SMILES string of the molecule is CC(=O)c1c(NCC2CCOC2)nc2n1CCS2. The predicted molar refractivity (Wildman–Crippen MR) is 70.4 cm³/mol. The standard InChI is InChI=1S/C12H17N3O2S/c1-8(16)10-11(13-6-9-2-4-17-7-9)14-12-15(10)3-5-18-12/h9,13H,2-7H2,1H3. The summed E-state index contributed by atoms with van der Waals surface area (Å²) in [6, 6.07) is 0. The zero-order valence-corrected chi connectivity index (χ0v) is 11.3. The molecule has 0 aliphatic carbocycles. The maximum atomic E-state index is 11.7. The number of nitrogens with zero attached hydrogens (tertiary/aromatic N) is 2. The molecule has 1 N–H and O–H groups in total. The highest BCUT2D eigenvalue weighted by Gasteiger charge is 2.25. The maximum Gasteiger partial charge on any atom is 0.180 e. The van der Waals surface area contributed by atoms with E-state index in [1.807, 2.05) is 4.57 Å². The molecule has 18 heavy (non-hydrogen) atoms. The van der Waals surface area contributed by atoms with E-state index in [9.17, 15) is 4.79 Å². The first-order valence-corrected chi connectivity index (χ1v) is 7.30. The number of fused-ring (bicyclic) bond motifs is 1. The van der Waals surface area contributed by atoms with Gasteiger partial charge in [0, 0.05) is 38.3 Å². The van der Waals surface area contributed by atoms with E-state index in [1.54, 1.807) is 18.7 Å². The minimum Gasteiger partial charge on any atom is -0.381 e. The lowest BCUT2D eigenvalue weighted by Gasteiger charge is -2.10. The van der Waals surface area contributed by atoms with Gasteiger partial charge in [-0.15, -0.1) is 0 Å². The van der Waals surface area contributed by atoms with Crippen molar-refractivity contribution in [2.24, 2.45) is 5.92 Å². The number of carbonyl (C=O) groups is 1. The highest BCUT2D eigenvalue weighted by molar-refractivity contribution is 7.99. The van der Waals surface area contributed by atoms with Crippen molar-refractivity contribution in [3.63, 3.8) is 0 Å². The van der Waals surface area contributed by atoms with Gasteiger partial charge in [-0.05, 0) is 6.42 Å². The number of aromatic nitrogens is 2. The van der Waals surface area contributed by atoms with Crippen molar-refractivity contribution in [2.75, 3.05) is 30.8 Å². The first-order chi connectivity index (χ1) is 8.75. The van der Waals surface area contributed by atoms with Crippen molar-refractivity contribution in [3.8, 4) is 0 Å². The fourth-order valence-electron chi connectivity index (χ4n) is 2.44. The van der Waals surface area contributed by atoms with E-state index in [-0.39, 0.29) is 5.78 Å². The van der Waals surface area contributed by atoms with Crippen LogP contribution in [0.4, 0.5) is 5.82 Å². The molecule has 5 nitrogen and oxygen atoms in total. The van der Waals surface area contributed by atoms with Gasteiger partial charge in [-0.1, -0.05) is 11.8 Å². The number of rotatable bonds is 4. The molecule has 0 radical (unpaired) electrons. The number of nitrogens with one attached hydrogen (secondary N) is 1. The molecule has 1 saturated heterocycles. The average molecular weight is 267 g/mol. The fraction of sp³-hybridized carbons (Fsp3) is 0.667. The third-order valence-corrected chi connectivity index (χ3v) is 4.35. The smallest absolute Gasteiger partial charge is 0.180 e. The second kappa shape index (κ2) is 4.93. The average Bonchev–Trinajstić information content (AvgIpc) is 3.01. The summed E-state index contributed by atoms with van der Waals surface area (Å²) in [5, 5.41) is 4.28. The Morgan fingerprint density at radius 2 is 2.56 bits per heavy atom. The normalized spacial score (nSPS) is 22.2. The highest BCUT2D eigenvalue weighted by Crippen LogP contribution is 2.31. The summed E-state index contributed by atoms with van der Waals surface area (Å²) in [5.74, 6) is 2.38. The van der Waals surface area contributed by atoms with Crippen LogP contribution < -0.4 is 5.32 Å². The van der Waals surface area contributed by atoms with Gasteiger partial charge in [-0.2, -0.15) is 0 Å². The van der Waals surface area contributed by atoms with Crippen LogP contribution in [0, 0.1) is 5.92 Å². The van der Waals surface area contributed by atoms with Crippen LogP contribution >= 0.6 is 11.8 Å². The molecule has 2 aliphatic heterocycles. The molecule has 0 spiro atoms. The van der Waals surface area contributed by atoms with Crippen molar-refractivity contribution >= 4 is 23.4 Å². The molecular formula is C12H17N3O2S. The van der Waals surface area contributed by atoms with Gasteiger partial charge in [0.2, 0.25) is 0 Å². The molecule has 2 aliphatic rings. The Hall–Kier alpha value is -1.01. The zero-order valence-electron chi connectivity index (χ0n) is 10.4. The lowest BCUT2D eigenvalue weighted by atomic mass is 10.1. The molecule has 0 saturated carbocycles. The molecule has 1 aromatic heterocycles. The van der Waals surface area contributed by atoms with Crippen molar-refractivity contribution in [1.29, 1.82) is 0 Å². The van der Waals surface area contributed by atoms with Crippen molar-refractivity contribution in [3.05, 3.63) is 5.69 Å². The first-order valence-electron chi connectivity index (χ1n) is 6.31. The third kappa shape index (κ3) is 2.14. The minimum atomic E-state index is 0.0846. The van der Waals surface area contributed by atoms with Gasteiger partial charge in [0.25, 0.3) is 0 Å². The van der Waals surface area contributed by atoms with E-state index in [0.717, 1.165) is 55.1 Å². The van der Waals surface area contributed by atoms with Crippen LogP contribution in [0.3, 0.4) is 0 Å². The highest BCUT2D eigenvalue weighted by atomic mass is 32.2. The van der Waals surface area contributed by atoms with E-state index < -0.39 is 0 Å². The van der Waals surface area contributed by atoms with Crippen LogP contribution in [0.2, 0.25) is 0 Å². The number of hydrogen-bond donors (Lipinski definition) is 1. The molecule has 3 rings (SSSR count). The van der Waals surface area contributed by atoms with Gasteiger partial charge in [-0.3, -0.25) is 4.79 Å². The molecule has 6 heteroatoms. The van der Waals surface area contributed by atoms with Gasteiger partial charge < -0.3 is 14.6 Å². The largest absolute Gasteiger partial charge is 0.381 e. The minimum absolute atomic E-state index is 0.0846. The van der Waals surface area contributed by atoms with Gasteiger partial charge in [-0.25, -0.2) is 4.98 Å². The topological polar surface area (TPSA) is 56.1 Å². The van der Waals surface area contributed by atoms with Crippen molar-refractivity contribution in [2.45, 2.75) is 25.0 Å². The molecule has 1 unspecified atom stereocenters. The van der Waals surface area contributed by atoms with Gasteiger partial charge in [0.15, 0.2) is 16.8 Å². The lowest BCUT2D eigenvalue weighted by molar-refractivity contribution is 0.100. The summed E-state index contributed by atoms with van der Waals surface area (Å²) in [4.78, 5) is 16.3. The van der Waals surface area contributed by atoms with Crippen molar-refractivity contribution in [1.82, 2.24) is 9.55 Å². The van der Waals surface area contributed by atoms with E-state index in [0.29, 0.717) is 5.92 Å². The Morgan fingerprint density at radius 3 is 3.28 bits per heavy atom. The second-order valence-corrected chi connectivity index (χ2v) is 5.82. The van der Waals surface area contributed by atoms with Gasteiger partial charge >= 0.3 is 0 Å². The first kappa shape index (κ1) is 12.0.